The average Bonchev–Trinajstić information content (AvgIpc) is 2.10. The van der Waals surface area contributed by atoms with Crippen LogP contribution in [0.2, 0.25) is 0 Å². The number of Topliss-reactive ketones (excluding diaryl/α,β-unsaturated/α-hetero) is 1. The molecule has 1 fully saturated rings. The summed E-state index contributed by atoms with van der Waals surface area (Å²) in [6.45, 7) is 4.00. The molecular weight excluding hydrogens is 182 g/mol. The summed E-state index contributed by atoms with van der Waals surface area (Å²) in [6, 6.07) is 0. The Morgan fingerprint density at radius 2 is 1.93 bits per heavy atom. The van der Waals surface area contributed by atoms with Gasteiger partial charge in [0.1, 0.15) is 11.4 Å². The number of ether oxygens (including phenoxy) is 1. The van der Waals surface area contributed by atoms with Crippen molar-refractivity contribution in [2.24, 2.45) is 0 Å². The Bertz CT molecular complexity index is 356. The van der Waals surface area contributed by atoms with Gasteiger partial charge >= 0.3 is 6.09 Å². The van der Waals surface area contributed by atoms with Crippen molar-refractivity contribution in [1.82, 2.24) is 4.90 Å². The van der Waals surface area contributed by atoms with Crippen molar-refractivity contribution in [3.63, 3.8) is 0 Å². The minimum atomic E-state index is -2.39. The molecule has 0 saturated carbocycles. The summed E-state index contributed by atoms with van der Waals surface area (Å²) in [5, 5.41) is 0. The third-order valence-corrected chi connectivity index (χ3v) is 1.51. The number of piperidine rings is 1. The largest absolute Gasteiger partial charge is 0.444 e. The molecule has 0 spiro atoms. The first-order valence-electron chi connectivity index (χ1n) is 6.38. The zero-order valence-electron chi connectivity index (χ0n) is 12.6. The minimum Gasteiger partial charge on any atom is -0.444 e. The van der Waals surface area contributed by atoms with Crippen molar-refractivity contribution >= 4 is 11.9 Å². The molecule has 0 unspecified atom stereocenters. The number of amides is 1. The molecule has 0 aromatic carbocycles. The molecule has 0 N–H and O–H groups in total. The minimum absolute atomic E-state index is 0.486. The molecule has 4 nitrogen and oxygen atoms in total. The summed E-state index contributed by atoms with van der Waals surface area (Å²) >= 11 is 0. The van der Waals surface area contributed by atoms with Gasteiger partial charge in [-0.05, 0) is 20.8 Å². The highest BCUT2D eigenvalue weighted by Crippen LogP contribution is 2.13. The molecule has 1 aliphatic rings. The smallest absolute Gasteiger partial charge is 0.410 e. The van der Waals surface area contributed by atoms with Crippen molar-refractivity contribution in [3.8, 4) is 0 Å². The first kappa shape index (κ1) is 6.43. The second kappa shape index (κ2) is 3.98. The second-order valence-corrected chi connectivity index (χ2v) is 4.02. The number of rotatable bonds is 0. The Balaban J connectivity index is 2.87. The molecule has 0 aromatic rings. The molecule has 0 aromatic heterocycles. The van der Waals surface area contributed by atoms with Crippen LogP contribution in [0, 0.1) is 0 Å². The first-order chi connectivity index (χ1) is 7.85. The highest BCUT2D eigenvalue weighted by molar-refractivity contribution is 5.81. The SMILES string of the molecule is [2H]C1([2H])CN(C(=O)OC(C)(C)C)CC([2H])([2H])C1=O. The lowest BCUT2D eigenvalue weighted by atomic mass is 10.1. The van der Waals surface area contributed by atoms with Crippen LogP contribution in [-0.2, 0) is 9.53 Å². The van der Waals surface area contributed by atoms with E-state index in [1.54, 1.807) is 20.8 Å². The van der Waals surface area contributed by atoms with E-state index < -0.39 is 43.3 Å². The topological polar surface area (TPSA) is 46.6 Å². The molecule has 0 aliphatic carbocycles. The molecule has 1 rings (SSSR count). The number of hydrogen-bond donors (Lipinski definition) is 0. The molecule has 1 saturated heterocycles. The summed E-state index contributed by atoms with van der Waals surface area (Å²) in [6.07, 6.45) is -5.60. The fourth-order valence-corrected chi connectivity index (χ4v) is 0.908. The summed E-state index contributed by atoms with van der Waals surface area (Å²) in [5.74, 6) is -1.13. The van der Waals surface area contributed by atoms with E-state index in [0.717, 1.165) is 4.90 Å². The van der Waals surface area contributed by atoms with Gasteiger partial charge in [-0.25, -0.2) is 4.79 Å². The van der Waals surface area contributed by atoms with E-state index in [1.807, 2.05) is 0 Å². The van der Waals surface area contributed by atoms with E-state index >= 15 is 0 Å². The lowest BCUT2D eigenvalue weighted by Gasteiger charge is -2.29. The van der Waals surface area contributed by atoms with Crippen LogP contribution >= 0.6 is 0 Å². The van der Waals surface area contributed by atoms with Gasteiger partial charge in [-0.3, -0.25) is 4.79 Å². The normalized spacial score (nSPS) is 29.6. The van der Waals surface area contributed by atoms with Gasteiger partial charge in [-0.1, -0.05) is 0 Å². The highest BCUT2D eigenvalue weighted by Gasteiger charge is 2.25. The van der Waals surface area contributed by atoms with E-state index in [0.29, 0.717) is 0 Å². The summed E-state index contributed by atoms with van der Waals surface area (Å²) < 4.78 is 34.9. The molecule has 80 valence electrons. The average molecular weight is 203 g/mol. The molecule has 1 heterocycles. The monoisotopic (exact) mass is 203 g/mol. The van der Waals surface area contributed by atoms with Crippen LogP contribution in [0.25, 0.3) is 0 Å². The van der Waals surface area contributed by atoms with Gasteiger partial charge in [0.05, 0.1) is 0 Å². The summed E-state index contributed by atoms with van der Waals surface area (Å²) in [5.41, 5.74) is -0.752. The predicted octanol–water partition coefficient (Wildman–Crippen LogP) is 1.59. The molecule has 4 heteroatoms. The standard InChI is InChI=1S/C10H17NO3/c1-10(2,3)14-9(13)11-6-4-8(12)5-7-11/h4-7H2,1-3H3/i4D2,5D2. The molecule has 1 aliphatic heterocycles. The maximum atomic E-state index is 11.8. The third-order valence-electron chi connectivity index (χ3n) is 1.51. The number of nitrogens with zero attached hydrogens (tertiary/aromatic N) is 1. The van der Waals surface area contributed by atoms with Crippen LogP contribution in [0.15, 0.2) is 0 Å². The van der Waals surface area contributed by atoms with Crippen LogP contribution in [0.3, 0.4) is 0 Å². The number of carbonyl (C=O) groups excluding carboxylic acids is 2. The van der Waals surface area contributed by atoms with Crippen molar-refractivity contribution < 1.29 is 19.8 Å². The fourth-order valence-electron chi connectivity index (χ4n) is 0.908. The zero-order valence-corrected chi connectivity index (χ0v) is 8.59. The van der Waals surface area contributed by atoms with E-state index in [4.69, 9.17) is 10.2 Å². The van der Waals surface area contributed by atoms with E-state index in [2.05, 4.69) is 0 Å². The van der Waals surface area contributed by atoms with Crippen molar-refractivity contribution in [2.75, 3.05) is 13.1 Å². The quantitative estimate of drug-likeness (QED) is 0.600. The van der Waals surface area contributed by atoms with Gasteiger partial charge in [0.15, 0.2) is 0 Å². The van der Waals surface area contributed by atoms with E-state index in [-0.39, 0.29) is 0 Å². The van der Waals surface area contributed by atoms with Crippen molar-refractivity contribution in [1.29, 1.82) is 0 Å². The molecular formula is C10H17NO3. The Labute approximate surface area is 89.8 Å². The number of likely N-dealkylation sites (tertiary alicyclic amines) is 1. The molecule has 0 atom stereocenters. The van der Waals surface area contributed by atoms with Gasteiger partial charge in [-0.2, -0.15) is 0 Å². The van der Waals surface area contributed by atoms with Crippen LogP contribution in [0.4, 0.5) is 4.79 Å². The summed E-state index contributed by atoms with van der Waals surface area (Å²) in [4.78, 5) is 24.1. The zero-order chi connectivity index (χ0) is 14.4. The first-order valence-corrected chi connectivity index (χ1v) is 4.38. The Hall–Kier alpha value is -1.06. The summed E-state index contributed by atoms with van der Waals surface area (Å²) in [7, 11) is 0. The van der Waals surface area contributed by atoms with Gasteiger partial charge in [0, 0.05) is 31.3 Å². The maximum absolute atomic E-state index is 11.8. The number of ketones is 1. The second-order valence-electron chi connectivity index (χ2n) is 4.02. The molecule has 0 bridgehead atoms. The highest BCUT2D eigenvalue weighted by atomic mass is 16.6. The van der Waals surface area contributed by atoms with E-state index in [1.165, 1.54) is 0 Å². The Morgan fingerprint density at radius 1 is 1.43 bits per heavy atom. The van der Waals surface area contributed by atoms with Crippen molar-refractivity contribution in [2.45, 2.75) is 39.1 Å². The van der Waals surface area contributed by atoms with Crippen LogP contribution < -0.4 is 0 Å². The lowest BCUT2D eigenvalue weighted by Crippen LogP contribution is -2.41. The molecule has 14 heavy (non-hydrogen) atoms. The van der Waals surface area contributed by atoms with Gasteiger partial charge in [0.2, 0.25) is 0 Å². The van der Waals surface area contributed by atoms with Crippen molar-refractivity contribution in [3.05, 3.63) is 0 Å². The Kier molecular flexibility index (Phi) is 1.83. The number of hydrogen-bond acceptors (Lipinski definition) is 3. The van der Waals surface area contributed by atoms with Gasteiger partial charge in [0.25, 0.3) is 0 Å². The lowest BCUT2D eigenvalue weighted by molar-refractivity contribution is -0.121. The maximum Gasteiger partial charge on any atom is 0.410 e. The Morgan fingerprint density at radius 3 is 2.36 bits per heavy atom. The predicted molar refractivity (Wildman–Crippen MR) is 52.0 cm³/mol. The third kappa shape index (κ3) is 3.36. The molecule has 0 radical (unpaired) electrons. The fraction of sp³-hybridized carbons (Fsp3) is 0.800. The number of carbonyl (C=O) groups is 2. The van der Waals surface area contributed by atoms with Gasteiger partial charge in [-0.15, -0.1) is 0 Å². The van der Waals surface area contributed by atoms with Gasteiger partial charge < -0.3 is 9.64 Å². The van der Waals surface area contributed by atoms with E-state index in [9.17, 15) is 9.59 Å². The van der Waals surface area contributed by atoms with Crippen LogP contribution in [-0.4, -0.2) is 35.5 Å². The van der Waals surface area contributed by atoms with Crippen LogP contribution in [0.1, 0.15) is 39.0 Å². The molecule has 1 amide bonds. The van der Waals surface area contributed by atoms with Crippen LogP contribution in [0.5, 0.6) is 0 Å².